The average molecular weight is 576 g/mol. The fourth-order valence-corrected chi connectivity index (χ4v) is 3.81. The van der Waals surface area contributed by atoms with Crippen molar-refractivity contribution < 1.29 is 54.3 Å². The van der Waals surface area contributed by atoms with E-state index in [-0.39, 0.29) is 76.0 Å². The maximum absolute atomic E-state index is 12.6. The predicted octanol–water partition coefficient (Wildman–Crippen LogP) is -3.79. The van der Waals surface area contributed by atoms with E-state index < -0.39 is 60.3 Å². The summed E-state index contributed by atoms with van der Waals surface area (Å²) in [5, 5.41) is 48.7. The van der Waals surface area contributed by atoms with E-state index in [4.69, 9.17) is 10.4 Å². The van der Waals surface area contributed by atoms with Gasteiger partial charge in [-0.2, -0.15) is 0 Å². The molecule has 1 saturated heterocycles. The predicted molar refractivity (Wildman–Crippen MR) is 131 cm³/mol. The fourth-order valence-electron chi connectivity index (χ4n) is 3.81. The highest BCUT2D eigenvalue weighted by Crippen LogP contribution is 2.09. The van der Waals surface area contributed by atoms with E-state index >= 15 is 0 Å². The number of piperazine rings is 1. The lowest BCUT2D eigenvalue weighted by Crippen LogP contribution is -2.61. The molecule has 1 aliphatic rings. The summed E-state index contributed by atoms with van der Waals surface area (Å²) in [5.41, 5.74) is 0. The van der Waals surface area contributed by atoms with Gasteiger partial charge in [-0.1, -0.05) is 0 Å². The summed E-state index contributed by atoms with van der Waals surface area (Å²) in [5.74, 6) is -3.43. The molecule has 0 aromatic heterocycles. The number of aliphatic hydroxyl groups is 1. The molecule has 0 bridgehead atoms. The second-order valence-corrected chi connectivity index (χ2v) is 9.04. The Balaban J connectivity index is 2.56. The van der Waals surface area contributed by atoms with Crippen molar-refractivity contribution in [1.82, 2.24) is 36.5 Å². The molecule has 0 spiro atoms. The Bertz CT molecular complexity index is 906. The number of carbonyl (C=O) groups excluding carboxylic acids is 7. The molecule has 1 heterocycles. The first-order valence-electron chi connectivity index (χ1n) is 12.5. The third-order valence-electron chi connectivity index (χ3n) is 5.88. The zero-order valence-corrected chi connectivity index (χ0v) is 22.0. The minimum Gasteiger partial charge on any atom is -0.394 e. The summed E-state index contributed by atoms with van der Waals surface area (Å²) in [7, 11) is 0. The quantitative estimate of drug-likeness (QED) is 0.0421. The molecule has 40 heavy (non-hydrogen) atoms. The van der Waals surface area contributed by atoms with Gasteiger partial charge in [-0.15, -0.1) is 0 Å². The van der Waals surface area contributed by atoms with Crippen molar-refractivity contribution >= 4 is 42.4 Å². The van der Waals surface area contributed by atoms with Crippen LogP contribution in [0.1, 0.15) is 45.4 Å². The maximum Gasteiger partial charge on any atom is 0.270 e. The van der Waals surface area contributed by atoms with E-state index in [1.54, 1.807) is 0 Å². The number of hydrogen-bond donors (Lipinski definition) is 8. The van der Waals surface area contributed by atoms with Gasteiger partial charge < -0.3 is 26.4 Å². The van der Waals surface area contributed by atoms with Crippen LogP contribution in [0.15, 0.2) is 0 Å². The Morgan fingerprint density at radius 2 is 1.35 bits per heavy atom. The number of amides is 7. The number of hydroxylamine groups is 6. The number of hydrogen-bond acceptors (Lipinski definition) is 11. The molecule has 0 aliphatic carbocycles. The minimum atomic E-state index is -1.56. The van der Waals surface area contributed by atoms with Crippen LogP contribution in [-0.4, -0.2) is 129 Å². The molecular weight excluding hydrogens is 538 g/mol. The van der Waals surface area contributed by atoms with Crippen LogP contribution >= 0.6 is 0 Å². The Morgan fingerprint density at radius 3 is 1.82 bits per heavy atom. The van der Waals surface area contributed by atoms with Gasteiger partial charge in [0, 0.05) is 26.6 Å². The lowest BCUT2D eigenvalue weighted by Gasteiger charge is -2.30. The number of carbonyl (C=O) groups is 7. The molecule has 0 aromatic rings. The van der Waals surface area contributed by atoms with Crippen molar-refractivity contribution in [3.8, 4) is 0 Å². The van der Waals surface area contributed by atoms with Crippen LogP contribution in [0.25, 0.3) is 0 Å². The second kappa shape index (κ2) is 17.7. The SMILES string of the molecule is CC(=O)N[C@@H](CCCN(O)C=O)C(=O)N[C@@H](CO)C(=O)N(O)CCC[C@@H]1NC(=O)[C@H](CCCN(O)C=O)NC1=O. The summed E-state index contributed by atoms with van der Waals surface area (Å²) < 4.78 is 0. The molecule has 1 fully saturated rings. The molecule has 0 saturated carbocycles. The van der Waals surface area contributed by atoms with Crippen molar-refractivity contribution in [2.24, 2.45) is 0 Å². The van der Waals surface area contributed by atoms with E-state index in [2.05, 4.69) is 21.3 Å². The molecule has 1 aliphatic heterocycles. The van der Waals surface area contributed by atoms with E-state index in [0.29, 0.717) is 10.1 Å². The van der Waals surface area contributed by atoms with Crippen LogP contribution in [0.4, 0.5) is 0 Å². The fraction of sp³-hybridized carbons (Fsp3) is 0.682. The van der Waals surface area contributed by atoms with E-state index in [1.807, 2.05) is 0 Å². The molecule has 18 nitrogen and oxygen atoms in total. The highest BCUT2D eigenvalue weighted by molar-refractivity contribution is 5.97. The van der Waals surface area contributed by atoms with Gasteiger partial charge in [0.2, 0.25) is 36.4 Å². The van der Waals surface area contributed by atoms with Gasteiger partial charge in [-0.05, 0) is 38.5 Å². The number of rotatable bonds is 19. The number of nitrogens with zero attached hydrogens (tertiary/aromatic N) is 3. The van der Waals surface area contributed by atoms with Crippen molar-refractivity contribution in [1.29, 1.82) is 0 Å². The molecular formula is C22H37N7O11. The lowest BCUT2D eigenvalue weighted by atomic mass is 10.0. The third-order valence-corrected chi connectivity index (χ3v) is 5.88. The van der Waals surface area contributed by atoms with E-state index in [1.165, 1.54) is 0 Å². The Labute approximate surface area is 229 Å². The highest BCUT2D eigenvalue weighted by atomic mass is 16.5. The van der Waals surface area contributed by atoms with Gasteiger partial charge in [0.05, 0.1) is 6.61 Å². The van der Waals surface area contributed by atoms with Gasteiger partial charge in [-0.25, -0.2) is 15.2 Å². The topological polar surface area (TPSA) is 258 Å². The number of nitrogens with one attached hydrogen (secondary N) is 4. The molecule has 1 rings (SSSR count). The molecule has 226 valence electrons. The second-order valence-electron chi connectivity index (χ2n) is 9.04. The van der Waals surface area contributed by atoms with E-state index in [0.717, 1.165) is 6.92 Å². The number of aliphatic hydroxyl groups excluding tert-OH is 1. The van der Waals surface area contributed by atoms with Gasteiger partial charge >= 0.3 is 0 Å². The van der Waals surface area contributed by atoms with Gasteiger partial charge in [0.15, 0.2) is 0 Å². The average Bonchev–Trinajstić information content (AvgIpc) is 2.92. The first kappa shape index (κ1) is 34.2. The molecule has 8 N–H and O–H groups in total. The van der Waals surface area contributed by atoms with Crippen LogP contribution in [0.3, 0.4) is 0 Å². The molecule has 18 heteroatoms. The van der Waals surface area contributed by atoms with Crippen LogP contribution in [0, 0.1) is 0 Å². The van der Waals surface area contributed by atoms with E-state index in [9.17, 15) is 43.9 Å². The summed E-state index contributed by atoms with van der Waals surface area (Å²) in [6.45, 7) is -0.167. The summed E-state index contributed by atoms with van der Waals surface area (Å²) in [4.78, 5) is 82.0. The van der Waals surface area contributed by atoms with Crippen LogP contribution < -0.4 is 21.3 Å². The summed E-state index contributed by atoms with van der Waals surface area (Å²) >= 11 is 0. The van der Waals surface area contributed by atoms with Crippen LogP contribution in [-0.2, 0) is 33.6 Å². The first-order chi connectivity index (χ1) is 18.9. The van der Waals surface area contributed by atoms with Crippen LogP contribution in [0.5, 0.6) is 0 Å². The summed E-state index contributed by atoms with van der Waals surface area (Å²) in [6, 6.07) is -4.50. The lowest BCUT2D eigenvalue weighted by molar-refractivity contribution is -0.170. The van der Waals surface area contributed by atoms with Crippen LogP contribution in [0.2, 0.25) is 0 Å². The molecule has 0 aromatic carbocycles. The highest BCUT2D eigenvalue weighted by Gasteiger charge is 2.33. The van der Waals surface area contributed by atoms with Crippen molar-refractivity contribution in [3.63, 3.8) is 0 Å². The Morgan fingerprint density at radius 1 is 0.850 bits per heavy atom. The van der Waals surface area contributed by atoms with Crippen molar-refractivity contribution in [3.05, 3.63) is 0 Å². The minimum absolute atomic E-state index is 0.0137. The first-order valence-corrected chi connectivity index (χ1v) is 12.5. The monoisotopic (exact) mass is 575 g/mol. The van der Waals surface area contributed by atoms with Gasteiger partial charge in [0.25, 0.3) is 5.91 Å². The molecule has 4 atom stereocenters. The van der Waals surface area contributed by atoms with Crippen molar-refractivity contribution in [2.75, 3.05) is 26.2 Å². The third kappa shape index (κ3) is 11.9. The largest absolute Gasteiger partial charge is 0.394 e. The standard InChI is InChI=1S/C22H37N7O11/c1-14(33)23-15(5-2-8-27(38)12-31)19(34)26-18(11-30)22(37)29(40)10-4-7-17-21(36)24-16(20(35)25-17)6-3-9-28(39)13-32/h12-13,15-18,30,38-40H,2-11H2,1H3,(H,23,33)(H,24,36)(H,25,35)(H,26,34)/t15-,16-,17-,18-/m0/s1. The Kier molecular flexibility index (Phi) is 15.1. The summed E-state index contributed by atoms with van der Waals surface area (Å²) in [6.07, 6.45) is 1.03. The van der Waals surface area contributed by atoms with Crippen molar-refractivity contribution in [2.45, 2.75) is 69.6 Å². The normalized spacial score (nSPS) is 17.9. The zero-order chi connectivity index (χ0) is 30.2. The zero-order valence-electron chi connectivity index (χ0n) is 22.0. The van der Waals surface area contributed by atoms with Gasteiger partial charge in [0.1, 0.15) is 24.2 Å². The molecule has 7 amide bonds. The molecule has 0 unspecified atom stereocenters. The van der Waals surface area contributed by atoms with Gasteiger partial charge in [-0.3, -0.25) is 49.2 Å². The Hall–Kier alpha value is -3.87. The molecule has 0 radical (unpaired) electrons. The smallest absolute Gasteiger partial charge is 0.270 e. The maximum atomic E-state index is 12.6.